The highest BCUT2D eigenvalue weighted by molar-refractivity contribution is 6.35. The van der Waals surface area contributed by atoms with Crippen LogP contribution >= 0.6 is 11.6 Å². The first-order valence-corrected chi connectivity index (χ1v) is 9.30. The number of hydrogen-bond acceptors (Lipinski definition) is 4. The maximum atomic E-state index is 13.3. The van der Waals surface area contributed by atoms with Gasteiger partial charge in [-0.15, -0.1) is 0 Å². The number of nitrogens with one attached hydrogen (secondary N) is 1. The van der Waals surface area contributed by atoms with Crippen LogP contribution in [0.15, 0.2) is 53.3 Å². The number of hydrogen-bond donors (Lipinski definition) is 1. The van der Waals surface area contributed by atoms with Crippen molar-refractivity contribution in [1.29, 1.82) is 0 Å². The third-order valence-corrected chi connectivity index (χ3v) is 4.33. The minimum absolute atomic E-state index is 0.315. The summed E-state index contributed by atoms with van der Waals surface area (Å²) in [4.78, 5) is 30.1. The summed E-state index contributed by atoms with van der Waals surface area (Å²) in [5.74, 6) is 0.315. The molecule has 0 spiro atoms. The molecule has 0 saturated heterocycles. The van der Waals surface area contributed by atoms with Gasteiger partial charge in [-0.05, 0) is 52.0 Å². The standard InChI is InChI=1S/C21H22ClN3O3/c1-13(28-20(27)24-21(2,3)4)18-23-16-12-8-11-15(22)17(16)19(26)25(18)14-9-6-5-7-10-14/h5-13H,1-4H3,(H,24,27)/t13-/m0/s1. The molecule has 3 rings (SSSR count). The number of benzene rings is 2. The lowest BCUT2D eigenvalue weighted by molar-refractivity contribution is 0.0947. The number of carbonyl (C=O) groups excluding carboxylic acids is 1. The van der Waals surface area contributed by atoms with Gasteiger partial charge in [-0.2, -0.15) is 0 Å². The van der Waals surface area contributed by atoms with Gasteiger partial charge < -0.3 is 10.1 Å². The van der Waals surface area contributed by atoms with E-state index in [2.05, 4.69) is 10.3 Å². The van der Waals surface area contributed by atoms with Gasteiger partial charge >= 0.3 is 6.09 Å². The summed E-state index contributed by atoms with van der Waals surface area (Å²) >= 11 is 6.26. The van der Waals surface area contributed by atoms with Gasteiger partial charge in [0.2, 0.25) is 0 Å². The van der Waals surface area contributed by atoms with Crippen molar-refractivity contribution in [3.63, 3.8) is 0 Å². The van der Waals surface area contributed by atoms with Gasteiger partial charge in [-0.25, -0.2) is 9.78 Å². The van der Waals surface area contributed by atoms with E-state index < -0.39 is 17.7 Å². The summed E-state index contributed by atoms with van der Waals surface area (Å²) in [7, 11) is 0. The lowest BCUT2D eigenvalue weighted by Gasteiger charge is -2.23. The molecule has 1 N–H and O–H groups in total. The Morgan fingerprint density at radius 3 is 2.46 bits per heavy atom. The quantitative estimate of drug-likeness (QED) is 0.697. The summed E-state index contributed by atoms with van der Waals surface area (Å²) in [5.41, 5.74) is 0.304. The van der Waals surface area contributed by atoms with Crippen LogP contribution in [0.25, 0.3) is 16.6 Å². The number of alkyl carbamates (subject to hydrolysis) is 1. The van der Waals surface area contributed by atoms with Crippen LogP contribution in [-0.2, 0) is 4.74 Å². The van der Waals surface area contributed by atoms with Crippen molar-refractivity contribution in [2.24, 2.45) is 0 Å². The second-order valence-electron chi connectivity index (χ2n) is 7.50. The van der Waals surface area contributed by atoms with Crippen LogP contribution in [0.5, 0.6) is 0 Å². The monoisotopic (exact) mass is 399 g/mol. The second kappa shape index (κ2) is 7.64. The molecule has 7 heteroatoms. The molecule has 2 aromatic carbocycles. The van der Waals surface area contributed by atoms with Crippen molar-refractivity contribution >= 4 is 28.6 Å². The summed E-state index contributed by atoms with van der Waals surface area (Å²) in [6.45, 7) is 7.25. The van der Waals surface area contributed by atoms with Crippen molar-refractivity contribution in [2.75, 3.05) is 0 Å². The summed E-state index contributed by atoms with van der Waals surface area (Å²) in [6, 6.07) is 14.2. The molecular formula is C21H22ClN3O3. The topological polar surface area (TPSA) is 73.2 Å². The zero-order chi connectivity index (χ0) is 20.5. The maximum absolute atomic E-state index is 13.3. The van der Waals surface area contributed by atoms with Gasteiger partial charge in [-0.3, -0.25) is 9.36 Å². The molecule has 146 valence electrons. The molecular weight excluding hydrogens is 378 g/mol. The van der Waals surface area contributed by atoms with Crippen molar-refractivity contribution in [3.8, 4) is 5.69 Å². The molecule has 1 heterocycles. The van der Waals surface area contributed by atoms with Crippen molar-refractivity contribution in [2.45, 2.75) is 39.3 Å². The van der Waals surface area contributed by atoms with Gasteiger partial charge in [-0.1, -0.05) is 35.9 Å². The SMILES string of the molecule is C[C@H](OC(=O)NC(C)(C)C)c1nc2cccc(Cl)c2c(=O)n1-c1ccccc1. The molecule has 0 aliphatic rings. The zero-order valence-electron chi connectivity index (χ0n) is 16.2. The van der Waals surface area contributed by atoms with Crippen LogP contribution in [-0.4, -0.2) is 21.2 Å². The number of halogens is 1. The fourth-order valence-electron chi connectivity index (χ4n) is 2.86. The Morgan fingerprint density at radius 2 is 1.82 bits per heavy atom. The number of amides is 1. The van der Waals surface area contributed by atoms with E-state index in [4.69, 9.17) is 16.3 Å². The molecule has 0 unspecified atom stereocenters. The molecule has 0 fully saturated rings. The van der Waals surface area contributed by atoms with E-state index in [1.165, 1.54) is 4.57 Å². The highest BCUT2D eigenvalue weighted by Gasteiger charge is 2.23. The Balaban J connectivity index is 2.15. The lowest BCUT2D eigenvalue weighted by atomic mass is 10.1. The van der Waals surface area contributed by atoms with E-state index in [0.29, 0.717) is 27.4 Å². The average Bonchev–Trinajstić information content (AvgIpc) is 2.60. The number of ether oxygens (including phenoxy) is 1. The maximum Gasteiger partial charge on any atom is 0.408 e. The van der Waals surface area contributed by atoms with Crippen LogP contribution in [0, 0.1) is 0 Å². The van der Waals surface area contributed by atoms with E-state index in [0.717, 1.165) is 0 Å². The summed E-state index contributed by atoms with van der Waals surface area (Å²) in [6.07, 6.45) is -1.35. The van der Waals surface area contributed by atoms with Crippen molar-refractivity contribution in [3.05, 3.63) is 69.7 Å². The smallest absolute Gasteiger partial charge is 0.408 e. The van der Waals surface area contributed by atoms with Crippen LogP contribution in [0.4, 0.5) is 4.79 Å². The minimum atomic E-state index is -0.765. The first-order chi connectivity index (χ1) is 13.2. The highest BCUT2D eigenvalue weighted by Crippen LogP contribution is 2.24. The lowest BCUT2D eigenvalue weighted by Crippen LogP contribution is -2.41. The predicted octanol–water partition coefficient (Wildman–Crippen LogP) is 4.62. The van der Waals surface area contributed by atoms with E-state index in [-0.39, 0.29) is 5.56 Å². The fraction of sp³-hybridized carbons (Fsp3) is 0.286. The Labute approximate surface area is 168 Å². The molecule has 1 atom stereocenters. The van der Waals surface area contributed by atoms with Gasteiger partial charge in [0, 0.05) is 5.54 Å². The Morgan fingerprint density at radius 1 is 1.14 bits per heavy atom. The fourth-order valence-corrected chi connectivity index (χ4v) is 3.11. The zero-order valence-corrected chi connectivity index (χ0v) is 16.9. The highest BCUT2D eigenvalue weighted by atomic mass is 35.5. The largest absolute Gasteiger partial charge is 0.438 e. The molecule has 1 amide bonds. The molecule has 0 bridgehead atoms. The van der Waals surface area contributed by atoms with Crippen LogP contribution in [0.3, 0.4) is 0 Å². The molecule has 1 aromatic heterocycles. The normalized spacial score (nSPS) is 12.6. The van der Waals surface area contributed by atoms with Crippen LogP contribution < -0.4 is 10.9 Å². The molecule has 3 aromatic rings. The second-order valence-corrected chi connectivity index (χ2v) is 7.91. The Kier molecular flexibility index (Phi) is 5.42. The first kappa shape index (κ1) is 19.9. The number of aromatic nitrogens is 2. The van der Waals surface area contributed by atoms with Crippen molar-refractivity contribution in [1.82, 2.24) is 14.9 Å². The van der Waals surface area contributed by atoms with Gasteiger partial charge in [0.05, 0.1) is 21.6 Å². The summed E-state index contributed by atoms with van der Waals surface area (Å²) in [5, 5.41) is 3.39. The molecule has 0 saturated carbocycles. The first-order valence-electron chi connectivity index (χ1n) is 8.93. The minimum Gasteiger partial charge on any atom is -0.438 e. The van der Waals surface area contributed by atoms with Crippen LogP contribution in [0.1, 0.15) is 39.6 Å². The van der Waals surface area contributed by atoms with Crippen LogP contribution in [0.2, 0.25) is 5.02 Å². The number of fused-ring (bicyclic) bond motifs is 1. The van der Waals surface area contributed by atoms with Gasteiger partial charge in [0.1, 0.15) is 0 Å². The Hall–Kier alpha value is -2.86. The predicted molar refractivity (Wildman–Crippen MR) is 110 cm³/mol. The van der Waals surface area contributed by atoms with Gasteiger partial charge in [0.25, 0.3) is 5.56 Å². The van der Waals surface area contributed by atoms with E-state index >= 15 is 0 Å². The van der Waals surface area contributed by atoms with E-state index in [1.807, 2.05) is 39.0 Å². The van der Waals surface area contributed by atoms with E-state index in [9.17, 15) is 9.59 Å². The molecule has 0 aliphatic heterocycles. The average molecular weight is 400 g/mol. The molecule has 0 aliphatic carbocycles. The molecule has 6 nitrogen and oxygen atoms in total. The number of para-hydroxylation sites is 1. The summed E-state index contributed by atoms with van der Waals surface area (Å²) < 4.78 is 6.94. The third kappa shape index (κ3) is 4.17. The number of rotatable bonds is 3. The number of carbonyl (C=O) groups is 1. The Bertz CT molecular complexity index is 1070. The van der Waals surface area contributed by atoms with Gasteiger partial charge in [0.15, 0.2) is 11.9 Å². The third-order valence-electron chi connectivity index (χ3n) is 4.01. The van der Waals surface area contributed by atoms with E-state index in [1.54, 1.807) is 37.3 Å². The number of nitrogens with zero attached hydrogens (tertiary/aromatic N) is 2. The van der Waals surface area contributed by atoms with Crippen molar-refractivity contribution < 1.29 is 9.53 Å². The molecule has 28 heavy (non-hydrogen) atoms. The molecule has 0 radical (unpaired) electrons.